The van der Waals surface area contributed by atoms with Crippen molar-refractivity contribution in [3.05, 3.63) is 24.3 Å². The van der Waals surface area contributed by atoms with E-state index in [0.717, 1.165) is 44.4 Å². The van der Waals surface area contributed by atoms with Crippen LogP contribution in [0.2, 0.25) is 0 Å². The highest BCUT2D eigenvalue weighted by atomic mass is 16.6. The number of aliphatic hydroxyl groups is 4. The molecule has 1 aliphatic rings. The zero-order valence-corrected chi connectivity index (χ0v) is 27.2. The Labute approximate surface area is 260 Å². The van der Waals surface area contributed by atoms with E-state index in [4.69, 9.17) is 9.47 Å². The first-order valence-electron chi connectivity index (χ1n) is 17.0. The van der Waals surface area contributed by atoms with Gasteiger partial charge in [-0.1, -0.05) is 116 Å². The molecule has 1 rings (SSSR count). The Morgan fingerprint density at radius 2 is 1.51 bits per heavy atom. The van der Waals surface area contributed by atoms with E-state index in [-0.39, 0.29) is 37.3 Å². The number of ether oxygens (including phenoxy) is 2. The van der Waals surface area contributed by atoms with Gasteiger partial charge in [-0.3, -0.25) is 9.59 Å². The number of carbonyl (C=O) groups excluding carboxylic acids is 2. The average molecular weight is 611 g/mol. The molecule has 1 fully saturated rings. The Morgan fingerprint density at radius 1 is 0.860 bits per heavy atom. The van der Waals surface area contributed by atoms with Crippen LogP contribution < -0.4 is 0 Å². The zero-order valence-electron chi connectivity index (χ0n) is 27.2. The summed E-state index contributed by atoms with van der Waals surface area (Å²) in [5, 5.41) is 40.5. The van der Waals surface area contributed by atoms with E-state index < -0.39 is 37.0 Å². The van der Waals surface area contributed by atoms with Gasteiger partial charge in [0.25, 0.3) is 0 Å². The molecule has 4 N–H and O–H groups in total. The number of hydrogen-bond acceptors (Lipinski definition) is 8. The van der Waals surface area contributed by atoms with E-state index >= 15 is 0 Å². The number of unbranched alkanes of at least 4 members (excludes halogenated alkanes) is 9. The van der Waals surface area contributed by atoms with Crippen LogP contribution in [0.1, 0.15) is 130 Å². The number of esters is 2. The molecule has 250 valence electrons. The highest BCUT2D eigenvalue weighted by molar-refractivity contribution is 5.71. The first-order chi connectivity index (χ1) is 20.7. The summed E-state index contributed by atoms with van der Waals surface area (Å²) in [6.45, 7) is 6.02. The van der Waals surface area contributed by atoms with Crippen LogP contribution in [-0.4, -0.2) is 70.0 Å². The van der Waals surface area contributed by atoms with Gasteiger partial charge in [0.05, 0.1) is 31.3 Å². The molecule has 0 aromatic carbocycles. The minimum Gasteiger partial charge on any atom is -0.462 e. The van der Waals surface area contributed by atoms with Gasteiger partial charge in [0.1, 0.15) is 6.61 Å². The minimum absolute atomic E-state index is 0.0236. The van der Waals surface area contributed by atoms with Crippen LogP contribution in [0.3, 0.4) is 0 Å². The predicted octanol–water partition coefficient (Wildman–Crippen LogP) is 6.18. The van der Waals surface area contributed by atoms with E-state index in [9.17, 15) is 30.0 Å². The van der Waals surface area contributed by atoms with Crippen molar-refractivity contribution in [2.45, 2.75) is 154 Å². The summed E-state index contributed by atoms with van der Waals surface area (Å²) in [4.78, 5) is 24.3. The molecule has 8 heteroatoms. The van der Waals surface area contributed by atoms with Gasteiger partial charge in [-0.2, -0.15) is 0 Å². The van der Waals surface area contributed by atoms with Gasteiger partial charge < -0.3 is 29.9 Å². The lowest BCUT2D eigenvalue weighted by molar-refractivity contribution is -0.160. The van der Waals surface area contributed by atoms with Crippen LogP contribution in [0.4, 0.5) is 0 Å². The molecule has 43 heavy (non-hydrogen) atoms. The molecular weight excluding hydrogens is 548 g/mol. The molecule has 0 bridgehead atoms. The zero-order chi connectivity index (χ0) is 31.9. The Hall–Kier alpha value is -1.74. The van der Waals surface area contributed by atoms with Gasteiger partial charge in [0.2, 0.25) is 0 Å². The molecule has 0 unspecified atom stereocenters. The third kappa shape index (κ3) is 19.3. The molecule has 6 atom stereocenters. The molecule has 0 amide bonds. The summed E-state index contributed by atoms with van der Waals surface area (Å²) < 4.78 is 10.5. The maximum absolute atomic E-state index is 12.3. The lowest BCUT2D eigenvalue weighted by Crippen LogP contribution is -2.28. The maximum atomic E-state index is 12.3. The van der Waals surface area contributed by atoms with Crippen LogP contribution in [-0.2, 0) is 19.1 Å². The topological polar surface area (TPSA) is 134 Å². The van der Waals surface area contributed by atoms with Crippen LogP contribution >= 0.6 is 0 Å². The first kappa shape index (κ1) is 39.3. The number of hydrogen-bond donors (Lipinski definition) is 4. The minimum atomic E-state index is -0.911. The largest absolute Gasteiger partial charge is 0.462 e. The van der Waals surface area contributed by atoms with E-state index in [1.54, 1.807) is 18.2 Å². The van der Waals surface area contributed by atoms with Crippen molar-refractivity contribution in [1.82, 2.24) is 0 Å². The highest BCUT2D eigenvalue weighted by Gasteiger charge is 2.39. The van der Waals surface area contributed by atoms with E-state index in [0.29, 0.717) is 19.3 Å². The van der Waals surface area contributed by atoms with Gasteiger partial charge in [-0.05, 0) is 31.1 Å². The lowest BCUT2D eigenvalue weighted by atomic mass is 9.89. The SMILES string of the molecule is CCCCC[C@@H](O)/C=C/[C@@H]1[C@H](C/C=C\CC(=O)O[C@@H](CO)COC(=O)CCCCCCCCCCC(C)C)[C@@H](O)C[C@H]1O. The Bertz CT molecular complexity index is 780. The van der Waals surface area contributed by atoms with Gasteiger partial charge in [-0.15, -0.1) is 0 Å². The van der Waals surface area contributed by atoms with Crippen molar-refractivity contribution < 1.29 is 39.5 Å². The van der Waals surface area contributed by atoms with Crippen LogP contribution in [0.5, 0.6) is 0 Å². The first-order valence-corrected chi connectivity index (χ1v) is 17.0. The van der Waals surface area contributed by atoms with Crippen molar-refractivity contribution in [2.24, 2.45) is 17.8 Å². The number of allylic oxidation sites excluding steroid dienone is 1. The molecule has 1 saturated carbocycles. The monoisotopic (exact) mass is 610 g/mol. The van der Waals surface area contributed by atoms with E-state index in [1.165, 1.54) is 38.5 Å². The van der Waals surface area contributed by atoms with Crippen molar-refractivity contribution in [1.29, 1.82) is 0 Å². The van der Waals surface area contributed by atoms with Crippen LogP contribution in [0, 0.1) is 17.8 Å². The van der Waals surface area contributed by atoms with Crippen LogP contribution in [0.25, 0.3) is 0 Å². The third-order valence-electron chi connectivity index (χ3n) is 8.28. The molecule has 0 aromatic heterocycles. The van der Waals surface area contributed by atoms with Crippen molar-refractivity contribution >= 4 is 11.9 Å². The predicted molar refractivity (Wildman–Crippen MR) is 170 cm³/mol. The number of aliphatic hydroxyl groups excluding tert-OH is 4. The molecule has 0 spiro atoms. The summed E-state index contributed by atoms with van der Waals surface area (Å²) in [6, 6.07) is 0. The highest BCUT2D eigenvalue weighted by Crippen LogP contribution is 2.36. The fourth-order valence-electron chi connectivity index (χ4n) is 5.59. The number of rotatable bonds is 25. The average Bonchev–Trinajstić information content (AvgIpc) is 3.24. The van der Waals surface area contributed by atoms with E-state index in [2.05, 4.69) is 20.8 Å². The fourth-order valence-corrected chi connectivity index (χ4v) is 5.59. The van der Waals surface area contributed by atoms with Crippen molar-refractivity contribution in [3.63, 3.8) is 0 Å². The molecule has 0 aliphatic heterocycles. The van der Waals surface area contributed by atoms with Gasteiger partial charge in [-0.25, -0.2) is 0 Å². The van der Waals surface area contributed by atoms with Crippen molar-refractivity contribution in [3.8, 4) is 0 Å². The molecule has 8 nitrogen and oxygen atoms in total. The Morgan fingerprint density at radius 3 is 2.16 bits per heavy atom. The fraction of sp³-hybridized carbons (Fsp3) is 0.829. The second-order valence-corrected chi connectivity index (χ2v) is 12.7. The second kappa shape index (κ2) is 24.6. The maximum Gasteiger partial charge on any atom is 0.310 e. The van der Waals surface area contributed by atoms with Crippen molar-refractivity contribution in [2.75, 3.05) is 13.2 Å². The summed E-state index contributed by atoms with van der Waals surface area (Å²) in [6.07, 6.45) is 19.4. The van der Waals surface area contributed by atoms with Crippen LogP contribution in [0.15, 0.2) is 24.3 Å². The van der Waals surface area contributed by atoms with Gasteiger partial charge in [0, 0.05) is 18.8 Å². The van der Waals surface area contributed by atoms with Gasteiger partial charge >= 0.3 is 11.9 Å². The lowest BCUT2D eigenvalue weighted by Gasteiger charge is -2.19. The smallest absolute Gasteiger partial charge is 0.310 e. The third-order valence-corrected chi connectivity index (χ3v) is 8.28. The molecule has 0 heterocycles. The standard InChI is InChI=1S/C35H62O8/c1-4-5-12-18-28(37)22-23-31-30(32(38)24-33(31)39)19-15-16-21-35(41)43-29(25-36)26-42-34(40)20-14-11-9-7-6-8-10-13-17-27(2)3/h15-16,22-23,27-33,36-39H,4-14,17-21,24-26H2,1-3H3/b16-15-,23-22+/t28-,29+,30+,31-,32+,33-/m1/s1. The van der Waals surface area contributed by atoms with E-state index in [1.807, 2.05) is 6.08 Å². The molecule has 1 aliphatic carbocycles. The molecule has 0 saturated heterocycles. The number of carbonyl (C=O) groups is 2. The Balaban J connectivity index is 2.26. The molecule has 0 radical (unpaired) electrons. The summed E-state index contributed by atoms with van der Waals surface area (Å²) in [7, 11) is 0. The molecular formula is C35H62O8. The quantitative estimate of drug-likeness (QED) is 0.0547. The molecule has 0 aromatic rings. The summed E-state index contributed by atoms with van der Waals surface area (Å²) in [5.74, 6) is -0.603. The van der Waals surface area contributed by atoms with Gasteiger partial charge in [0.15, 0.2) is 6.10 Å². The Kier molecular flexibility index (Phi) is 22.4. The summed E-state index contributed by atoms with van der Waals surface area (Å²) >= 11 is 0. The normalized spacial score (nSPS) is 22.0. The summed E-state index contributed by atoms with van der Waals surface area (Å²) in [5.41, 5.74) is 0. The second-order valence-electron chi connectivity index (χ2n) is 12.7.